The highest BCUT2D eigenvalue weighted by Crippen LogP contribution is 2.15. The first kappa shape index (κ1) is 60.6. The Hall–Kier alpha value is -3.41. The van der Waals surface area contributed by atoms with Crippen LogP contribution in [0.1, 0.15) is 245 Å². The molecule has 0 aromatic rings. The molecule has 0 aliphatic rings. The molecule has 0 radical (unpaired) electrons. The summed E-state index contributed by atoms with van der Waals surface area (Å²) >= 11 is 0. The van der Waals surface area contributed by atoms with E-state index in [4.69, 9.17) is 14.2 Å². The van der Waals surface area contributed by atoms with Crippen LogP contribution in [0.15, 0.2) is 85.1 Å². The van der Waals surface area contributed by atoms with Gasteiger partial charge < -0.3 is 14.2 Å². The van der Waals surface area contributed by atoms with Crippen LogP contribution in [-0.2, 0) is 28.6 Å². The molecule has 1 unspecified atom stereocenters. The zero-order chi connectivity index (χ0) is 46.5. The van der Waals surface area contributed by atoms with Crippen molar-refractivity contribution in [2.75, 3.05) is 13.2 Å². The molecule has 0 amide bonds. The van der Waals surface area contributed by atoms with Gasteiger partial charge in [0.1, 0.15) is 13.2 Å². The van der Waals surface area contributed by atoms with E-state index in [1.165, 1.54) is 103 Å². The maximum absolute atomic E-state index is 12.7. The van der Waals surface area contributed by atoms with Crippen LogP contribution in [0.25, 0.3) is 0 Å². The van der Waals surface area contributed by atoms with E-state index >= 15 is 0 Å². The van der Waals surface area contributed by atoms with E-state index in [-0.39, 0.29) is 37.5 Å². The minimum absolute atomic E-state index is 0.0940. The van der Waals surface area contributed by atoms with Gasteiger partial charge in [-0.1, -0.05) is 241 Å². The molecule has 0 heterocycles. The van der Waals surface area contributed by atoms with Gasteiger partial charge in [0.25, 0.3) is 0 Å². The number of carbonyl (C=O) groups excluding carboxylic acids is 3. The lowest BCUT2D eigenvalue weighted by Crippen LogP contribution is -2.30. The van der Waals surface area contributed by atoms with E-state index in [1.807, 2.05) is 0 Å². The number of ether oxygens (including phenoxy) is 3. The highest BCUT2D eigenvalue weighted by Gasteiger charge is 2.19. The predicted octanol–water partition coefficient (Wildman–Crippen LogP) is 17.6. The van der Waals surface area contributed by atoms with E-state index in [0.717, 1.165) is 96.3 Å². The first-order chi connectivity index (χ1) is 31.5. The highest BCUT2D eigenvalue weighted by molar-refractivity contribution is 5.71. The molecule has 366 valence electrons. The van der Waals surface area contributed by atoms with Gasteiger partial charge in [-0.25, -0.2) is 0 Å². The molecule has 1 atom stereocenters. The van der Waals surface area contributed by atoms with Crippen molar-refractivity contribution in [2.24, 2.45) is 0 Å². The zero-order valence-corrected chi connectivity index (χ0v) is 41.8. The fraction of sp³-hybridized carbons (Fsp3) is 0.707. The van der Waals surface area contributed by atoms with Gasteiger partial charge in [-0.3, -0.25) is 14.4 Å². The molecule has 0 aromatic carbocycles. The van der Waals surface area contributed by atoms with Crippen molar-refractivity contribution in [2.45, 2.75) is 252 Å². The number of allylic oxidation sites excluding steroid dienone is 14. The average molecular weight is 891 g/mol. The first-order valence-electron chi connectivity index (χ1n) is 26.6. The topological polar surface area (TPSA) is 78.9 Å². The Kier molecular flexibility index (Phi) is 49.4. The van der Waals surface area contributed by atoms with Crippen LogP contribution in [0.4, 0.5) is 0 Å². The molecule has 0 bridgehead atoms. The van der Waals surface area contributed by atoms with Crippen LogP contribution in [-0.4, -0.2) is 37.2 Å². The number of hydrogen-bond acceptors (Lipinski definition) is 6. The van der Waals surface area contributed by atoms with Gasteiger partial charge in [0.05, 0.1) is 0 Å². The molecule has 6 heteroatoms. The van der Waals surface area contributed by atoms with Crippen LogP contribution in [0.2, 0.25) is 0 Å². The summed E-state index contributed by atoms with van der Waals surface area (Å²) in [6.07, 6.45) is 67.6. The van der Waals surface area contributed by atoms with Gasteiger partial charge in [-0.05, 0) is 70.6 Å². The summed E-state index contributed by atoms with van der Waals surface area (Å²) in [5, 5.41) is 0. The van der Waals surface area contributed by atoms with E-state index in [2.05, 4.69) is 106 Å². The lowest BCUT2D eigenvalue weighted by atomic mass is 10.0. The van der Waals surface area contributed by atoms with Gasteiger partial charge in [0.2, 0.25) is 0 Å². The van der Waals surface area contributed by atoms with Crippen molar-refractivity contribution in [3.05, 3.63) is 85.1 Å². The SMILES string of the molecule is CC/C=C\C/C=C\C/C=C\C/C=C\C/C=C\C/C=C\C/C=C\CCCC(=O)OCC(COC(=O)CCCCCCC)OC(=O)CCCCCCCCCCCCCCCCCCCC. The van der Waals surface area contributed by atoms with Gasteiger partial charge in [0, 0.05) is 19.3 Å². The maximum Gasteiger partial charge on any atom is 0.306 e. The molecule has 0 saturated heterocycles. The third kappa shape index (κ3) is 49.6. The Morgan fingerprint density at radius 2 is 0.609 bits per heavy atom. The summed E-state index contributed by atoms with van der Waals surface area (Å²) in [5.74, 6) is -0.967. The summed E-state index contributed by atoms with van der Waals surface area (Å²) in [6.45, 7) is 6.40. The van der Waals surface area contributed by atoms with Crippen LogP contribution < -0.4 is 0 Å². The second-order valence-corrected chi connectivity index (χ2v) is 17.4. The molecule has 0 aliphatic heterocycles. The minimum Gasteiger partial charge on any atom is -0.462 e. The number of unbranched alkanes of at least 4 members (excludes halogenated alkanes) is 22. The number of hydrogen-bond donors (Lipinski definition) is 0. The van der Waals surface area contributed by atoms with Crippen molar-refractivity contribution >= 4 is 17.9 Å². The van der Waals surface area contributed by atoms with E-state index in [9.17, 15) is 14.4 Å². The smallest absolute Gasteiger partial charge is 0.306 e. The van der Waals surface area contributed by atoms with Crippen molar-refractivity contribution in [1.82, 2.24) is 0 Å². The lowest BCUT2D eigenvalue weighted by molar-refractivity contribution is -0.167. The molecule has 0 saturated carbocycles. The zero-order valence-electron chi connectivity index (χ0n) is 41.8. The number of rotatable bonds is 47. The molecule has 64 heavy (non-hydrogen) atoms. The molecular formula is C58H98O6. The van der Waals surface area contributed by atoms with Crippen LogP contribution >= 0.6 is 0 Å². The first-order valence-corrected chi connectivity index (χ1v) is 26.6. The Morgan fingerprint density at radius 3 is 0.953 bits per heavy atom. The third-order valence-electron chi connectivity index (χ3n) is 11.2. The van der Waals surface area contributed by atoms with Crippen molar-refractivity contribution in [3.8, 4) is 0 Å². The molecule has 6 nitrogen and oxygen atoms in total. The molecule has 0 aromatic heterocycles. The van der Waals surface area contributed by atoms with Gasteiger partial charge >= 0.3 is 17.9 Å². The Bertz CT molecular complexity index is 1250. The Balaban J connectivity index is 4.25. The standard InChI is InChI=1S/C58H98O6/c1-4-7-10-13-15-17-19-21-23-25-27-28-29-30-31-33-34-36-38-40-42-45-48-51-57(60)63-54-55(53-62-56(59)50-47-44-12-9-6-3)64-58(61)52-49-46-43-41-39-37-35-32-26-24-22-20-18-16-14-11-8-5-2/h7,10,15,17,21,23,27-28,30-31,34,36,40,42,55H,4-6,8-9,11-14,16,18-20,22,24-26,29,32-33,35,37-39,41,43-54H2,1-3H3/b10-7-,17-15-,23-21-,28-27-,31-30-,36-34-,42-40-. The van der Waals surface area contributed by atoms with Gasteiger partial charge in [-0.15, -0.1) is 0 Å². The summed E-state index contributed by atoms with van der Waals surface area (Å²) in [5.41, 5.74) is 0. The molecule has 0 spiro atoms. The summed E-state index contributed by atoms with van der Waals surface area (Å²) < 4.78 is 16.6. The largest absolute Gasteiger partial charge is 0.462 e. The fourth-order valence-corrected chi connectivity index (χ4v) is 7.20. The monoisotopic (exact) mass is 891 g/mol. The predicted molar refractivity (Wildman–Crippen MR) is 274 cm³/mol. The van der Waals surface area contributed by atoms with Crippen LogP contribution in [0.5, 0.6) is 0 Å². The quantitative estimate of drug-likeness (QED) is 0.0262. The highest BCUT2D eigenvalue weighted by atomic mass is 16.6. The minimum atomic E-state index is -0.794. The van der Waals surface area contributed by atoms with Crippen LogP contribution in [0.3, 0.4) is 0 Å². The molecule has 0 rings (SSSR count). The summed E-state index contributed by atoms with van der Waals surface area (Å²) in [6, 6.07) is 0. The average Bonchev–Trinajstić information content (AvgIpc) is 3.29. The lowest BCUT2D eigenvalue weighted by Gasteiger charge is -2.18. The normalized spacial score (nSPS) is 12.7. The van der Waals surface area contributed by atoms with Gasteiger partial charge in [0.15, 0.2) is 6.10 Å². The maximum atomic E-state index is 12.7. The molecule has 0 N–H and O–H groups in total. The Morgan fingerprint density at radius 1 is 0.328 bits per heavy atom. The summed E-state index contributed by atoms with van der Waals surface area (Å²) in [7, 11) is 0. The fourth-order valence-electron chi connectivity index (χ4n) is 7.20. The molecule has 0 aliphatic carbocycles. The summed E-state index contributed by atoms with van der Waals surface area (Å²) in [4.78, 5) is 37.7. The van der Waals surface area contributed by atoms with Crippen molar-refractivity contribution < 1.29 is 28.6 Å². The van der Waals surface area contributed by atoms with Crippen molar-refractivity contribution in [3.63, 3.8) is 0 Å². The number of carbonyl (C=O) groups is 3. The molecular weight excluding hydrogens is 793 g/mol. The number of esters is 3. The second kappa shape index (κ2) is 52.2. The van der Waals surface area contributed by atoms with Crippen molar-refractivity contribution in [1.29, 1.82) is 0 Å². The van der Waals surface area contributed by atoms with E-state index in [1.54, 1.807) is 0 Å². The van der Waals surface area contributed by atoms with E-state index in [0.29, 0.717) is 19.3 Å². The van der Waals surface area contributed by atoms with Gasteiger partial charge in [-0.2, -0.15) is 0 Å². The van der Waals surface area contributed by atoms with Crippen LogP contribution in [0, 0.1) is 0 Å². The second-order valence-electron chi connectivity index (χ2n) is 17.4. The third-order valence-corrected chi connectivity index (χ3v) is 11.2. The van der Waals surface area contributed by atoms with E-state index < -0.39 is 6.10 Å². The molecule has 0 fully saturated rings. The Labute approximate surface area is 395 Å².